The normalized spacial score (nSPS) is 28.9. The van der Waals surface area contributed by atoms with Crippen LogP contribution >= 0.6 is 0 Å². The van der Waals surface area contributed by atoms with Crippen LogP contribution in [-0.4, -0.2) is 87.7 Å². The highest BCUT2D eigenvalue weighted by Crippen LogP contribution is 2.47. The second-order valence-electron chi connectivity index (χ2n) is 12.2. The van der Waals surface area contributed by atoms with E-state index in [1.165, 1.54) is 25.3 Å². The van der Waals surface area contributed by atoms with Gasteiger partial charge in [-0.05, 0) is 54.7 Å². The third-order valence-electron chi connectivity index (χ3n) is 9.40. The maximum atomic E-state index is 14.0. The minimum Gasteiger partial charge on any atom is -0.507 e. The number of ether oxygens (including phenoxy) is 3. The van der Waals surface area contributed by atoms with E-state index in [9.17, 15) is 35.1 Å². The molecule has 0 bridgehead atoms. The first-order chi connectivity index (χ1) is 21.6. The van der Waals surface area contributed by atoms with Crippen LogP contribution in [0.15, 0.2) is 48.2 Å². The number of ketones is 2. The first kappa shape index (κ1) is 31.2. The summed E-state index contributed by atoms with van der Waals surface area (Å²) in [5, 5.41) is 54.9. The second kappa shape index (κ2) is 12.2. The Morgan fingerprint density at radius 1 is 0.978 bits per heavy atom. The SMILES string of the molecule is COc1cc(O[C@@H]2O[C@H](CO)[C@@H](O)[C@H](O)[C@H]2O)c2c(c1)C(=O)c1cc(CC3(C4=CNC(N)C=C4)CCCCC3)cc(O)c1C2=O. The number of benzene rings is 2. The number of aliphatic hydroxyl groups is 4. The van der Waals surface area contributed by atoms with Gasteiger partial charge < -0.3 is 50.8 Å². The van der Waals surface area contributed by atoms with Crippen LogP contribution in [0, 0.1) is 5.41 Å². The summed E-state index contributed by atoms with van der Waals surface area (Å²) in [7, 11) is 1.37. The van der Waals surface area contributed by atoms with Crippen molar-refractivity contribution < 1.29 is 49.3 Å². The fourth-order valence-corrected chi connectivity index (χ4v) is 6.99. The highest BCUT2D eigenvalue weighted by molar-refractivity contribution is 6.30. The lowest BCUT2D eigenvalue weighted by molar-refractivity contribution is -0.277. The largest absolute Gasteiger partial charge is 0.507 e. The van der Waals surface area contributed by atoms with Crippen molar-refractivity contribution in [3.8, 4) is 17.2 Å². The fourth-order valence-electron chi connectivity index (χ4n) is 6.99. The number of nitrogens with one attached hydrogen (secondary N) is 1. The van der Waals surface area contributed by atoms with E-state index in [4.69, 9.17) is 19.9 Å². The highest BCUT2D eigenvalue weighted by Gasteiger charge is 2.46. The molecule has 2 heterocycles. The molecule has 0 aromatic heterocycles. The Balaban J connectivity index is 1.37. The quantitative estimate of drug-likeness (QED) is 0.199. The summed E-state index contributed by atoms with van der Waals surface area (Å²) in [6.45, 7) is -0.680. The Hall–Kier alpha value is -3.78. The number of methoxy groups -OCH3 is 1. The van der Waals surface area contributed by atoms with Gasteiger partial charge in [-0.2, -0.15) is 0 Å². The van der Waals surface area contributed by atoms with Crippen molar-refractivity contribution in [1.82, 2.24) is 5.32 Å². The smallest absolute Gasteiger partial charge is 0.229 e. The van der Waals surface area contributed by atoms with Crippen LogP contribution in [0.5, 0.6) is 17.2 Å². The third kappa shape index (κ3) is 5.51. The van der Waals surface area contributed by atoms with Gasteiger partial charge in [0.1, 0.15) is 41.7 Å². The summed E-state index contributed by atoms with van der Waals surface area (Å²) in [6, 6.07) is 5.91. The number of fused-ring (bicyclic) bond motifs is 2. The van der Waals surface area contributed by atoms with Gasteiger partial charge in [0.25, 0.3) is 0 Å². The molecule has 1 saturated carbocycles. The number of phenolic OH excluding ortho intramolecular Hbond substituents is 1. The van der Waals surface area contributed by atoms with Gasteiger partial charge in [0.2, 0.25) is 12.1 Å². The summed E-state index contributed by atoms with van der Waals surface area (Å²) in [5.74, 6) is -1.60. The Labute approximate surface area is 259 Å². The summed E-state index contributed by atoms with van der Waals surface area (Å²) >= 11 is 0. The molecule has 1 unspecified atom stereocenters. The molecule has 6 atom stereocenters. The molecule has 12 heteroatoms. The van der Waals surface area contributed by atoms with Crippen molar-refractivity contribution in [2.75, 3.05) is 13.7 Å². The van der Waals surface area contributed by atoms with Crippen LogP contribution in [0.25, 0.3) is 0 Å². The van der Waals surface area contributed by atoms with Crippen molar-refractivity contribution in [3.05, 3.63) is 76.0 Å². The molecular weight excluding hydrogens is 584 g/mol. The maximum absolute atomic E-state index is 14.0. The summed E-state index contributed by atoms with van der Waals surface area (Å²) in [5.41, 5.74) is 7.22. The molecule has 4 aliphatic rings. The first-order valence-electron chi connectivity index (χ1n) is 15.1. The van der Waals surface area contributed by atoms with E-state index in [1.54, 1.807) is 6.07 Å². The number of aliphatic hydroxyl groups excluding tert-OH is 4. The van der Waals surface area contributed by atoms with Crippen molar-refractivity contribution in [2.45, 2.75) is 75.4 Å². The zero-order chi connectivity index (χ0) is 32.0. The van der Waals surface area contributed by atoms with Gasteiger partial charge in [-0.15, -0.1) is 0 Å². The lowest BCUT2D eigenvalue weighted by Gasteiger charge is -2.40. The predicted octanol–water partition coefficient (Wildman–Crippen LogP) is 1.18. The summed E-state index contributed by atoms with van der Waals surface area (Å²) < 4.78 is 16.7. The number of carbonyl (C=O) groups is 2. The molecule has 0 radical (unpaired) electrons. The van der Waals surface area contributed by atoms with Crippen molar-refractivity contribution in [2.24, 2.45) is 11.1 Å². The Bertz CT molecular complexity index is 1560. The molecule has 2 aliphatic carbocycles. The zero-order valence-corrected chi connectivity index (χ0v) is 24.8. The molecule has 45 heavy (non-hydrogen) atoms. The summed E-state index contributed by atoms with van der Waals surface area (Å²) in [4.78, 5) is 28.0. The fraction of sp³-hybridized carbons (Fsp3) is 0.455. The topological polar surface area (TPSA) is 201 Å². The predicted molar refractivity (Wildman–Crippen MR) is 160 cm³/mol. The molecule has 240 valence electrons. The average molecular weight is 623 g/mol. The maximum Gasteiger partial charge on any atom is 0.229 e. The van der Waals surface area contributed by atoms with Gasteiger partial charge in [0.15, 0.2) is 5.78 Å². The molecule has 2 aliphatic heterocycles. The van der Waals surface area contributed by atoms with Crippen molar-refractivity contribution in [3.63, 3.8) is 0 Å². The molecule has 8 N–H and O–H groups in total. The number of nitrogens with two attached hydrogens (primary N) is 1. The average Bonchev–Trinajstić information content (AvgIpc) is 3.04. The van der Waals surface area contributed by atoms with Crippen LogP contribution in [0.2, 0.25) is 0 Å². The molecule has 1 saturated heterocycles. The molecule has 12 nitrogen and oxygen atoms in total. The van der Waals surface area contributed by atoms with E-state index in [0.29, 0.717) is 12.0 Å². The Kier molecular flexibility index (Phi) is 8.46. The number of dihydropyridines is 1. The number of aromatic hydroxyl groups is 1. The molecule has 0 spiro atoms. The van der Waals surface area contributed by atoms with E-state index >= 15 is 0 Å². The van der Waals surface area contributed by atoms with Gasteiger partial charge in [0.05, 0.1) is 31.0 Å². The van der Waals surface area contributed by atoms with Crippen LogP contribution in [0.1, 0.15) is 69.5 Å². The minimum atomic E-state index is -1.76. The van der Waals surface area contributed by atoms with Gasteiger partial charge >= 0.3 is 0 Å². The van der Waals surface area contributed by atoms with Crippen LogP contribution < -0.4 is 20.5 Å². The van der Waals surface area contributed by atoms with E-state index in [-0.39, 0.29) is 51.1 Å². The molecule has 0 amide bonds. The lowest BCUT2D eigenvalue weighted by atomic mass is 9.65. The Morgan fingerprint density at radius 3 is 2.38 bits per heavy atom. The molecular formula is C33H38N2O10. The summed E-state index contributed by atoms with van der Waals surface area (Å²) in [6.07, 6.45) is 3.25. The minimum absolute atomic E-state index is 0.0357. The van der Waals surface area contributed by atoms with E-state index < -0.39 is 48.9 Å². The standard InChI is InChI=1S/C33H38N2O10/c1-43-18-11-20-26(22(12-18)44-32-31(42)30(41)28(39)23(15-36)45-32)29(40)25-19(27(20)38)9-16(10-21(25)37)13-33(7-3-2-4-8-33)17-5-6-24(34)35-14-17/h5-6,9-12,14,23-24,28,30-32,35-37,39,41-42H,2-4,7-8,13,15,34H2,1H3/t23-,24?,28-,30+,31-,32-/m1/s1. The molecule has 6 rings (SSSR count). The van der Waals surface area contributed by atoms with Gasteiger partial charge in [-0.25, -0.2) is 0 Å². The van der Waals surface area contributed by atoms with Crippen LogP contribution in [0.3, 0.4) is 0 Å². The number of hydrogen-bond donors (Lipinski definition) is 7. The lowest BCUT2D eigenvalue weighted by Crippen LogP contribution is -2.60. The third-order valence-corrected chi connectivity index (χ3v) is 9.40. The van der Waals surface area contributed by atoms with E-state index in [1.807, 2.05) is 18.4 Å². The number of hydrogen-bond acceptors (Lipinski definition) is 12. The van der Waals surface area contributed by atoms with Crippen molar-refractivity contribution >= 4 is 11.6 Å². The highest BCUT2D eigenvalue weighted by atomic mass is 16.7. The van der Waals surface area contributed by atoms with Gasteiger partial charge in [-0.1, -0.05) is 25.3 Å². The Morgan fingerprint density at radius 2 is 1.71 bits per heavy atom. The van der Waals surface area contributed by atoms with Crippen molar-refractivity contribution in [1.29, 1.82) is 0 Å². The van der Waals surface area contributed by atoms with Crippen LogP contribution in [-0.2, 0) is 11.2 Å². The first-order valence-corrected chi connectivity index (χ1v) is 15.1. The number of allylic oxidation sites excluding steroid dienone is 2. The molecule has 2 aromatic rings. The van der Waals surface area contributed by atoms with Gasteiger partial charge in [-0.3, -0.25) is 9.59 Å². The molecule has 2 fully saturated rings. The van der Waals surface area contributed by atoms with E-state index in [2.05, 4.69) is 5.32 Å². The van der Waals surface area contributed by atoms with Gasteiger partial charge in [0, 0.05) is 28.8 Å². The van der Waals surface area contributed by atoms with E-state index in [0.717, 1.165) is 37.7 Å². The second-order valence-corrected chi connectivity index (χ2v) is 12.2. The number of rotatable bonds is 7. The number of phenols is 1. The van der Waals surface area contributed by atoms with Crippen LogP contribution in [0.4, 0.5) is 0 Å². The zero-order valence-electron chi connectivity index (χ0n) is 24.8. The monoisotopic (exact) mass is 622 g/mol. The molecule has 2 aromatic carbocycles. The number of carbonyl (C=O) groups excluding carboxylic acids is 2.